The third kappa shape index (κ3) is 3.50. The van der Waals surface area contributed by atoms with Gasteiger partial charge in [0.25, 0.3) is 0 Å². The van der Waals surface area contributed by atoms with E-state index in [1.54, 1.807) is 0 Å². The summed E-state index contributed by atoms with van der Waals surface area (Å²) < 4.78 is 0. The van der Waals surface area contributed by atoms with Gasteiger partial charge in [0.1, 0.15) is 5.65 Å². The summed E-state index contributed by atoms with van der Waals surface area (Å²) in [6.07, 6.45) is 7.97. The second kappa shape index (κ2) is 7.79. The number of nitrogens with zero attached hydrogens (tertiary/aromatic N) is 3. The maximum atomic E-state index is 4.63. The molecular weight excluding hydrogens is 370 g/mol. The van der Waals surface area contributed by atoms with E-state index >= 15 is 0 Å². The lowest BCUT2D eigenvalue weighted by molar-refractivity contribution is 0.239. The van der Waals surface area contributed by atoms with Crippen molar-refractivity contribution in [3.05, 3.63) is 73.0 Å². The number of allylic oxidation sites excluding steroid dienone is 1. The number of aromatic amines is 1. The zero-order valence-electron chi connectivity index (χ0n) is 17.2. The van der Waals surface area contributed by atoms with Gasteiger partial charge >= 0.3 is 0 Å². The number of fused-ring (bicyclic) bond motifs is 2. The number of aromatic nitrogens is 3. The summed E-state index contributed by atoms with van der Waals surface area (Å²) in [5.74, 6) is 0.466. The number of hydrogen-bond donors (Lipinski definition) is 2. The maximum Gasteiger partial charge on any atom is 0.138 e. The van der Waals surface area contributed by atoms with E-state index in [1.807, 2.05) is 24.7 Å². The molecule has 0 aliphatic carbocycles. The molecular formula is C25H25N5. The molecule has 5 nitrogen and oxygen atoms in total. The highest BCUT2D eigenvalue weighted by Gasteiger charge is 2.20. The summed E-state index contributed by atoms with van der Waals surface area (Å²) in [6, 6.07) is 12.6. The molecule has 0 radical (unpaired) electrons. The first-order chi connectivity index (χ1) is 14.7. The van der Waals surface area contributed by atoms with Gasteiger partial charge in [-0.05, 0) is 62.8 Å². The molecule has 30 heavy (non-hydrogen) atoms. The van der Waals surface area contributed by atoms with Crippen LogP contribution in [0.25, 0.3) is 33.1 Å². The minimum absolute atomic E-state index is 0.466. The van der Waals surface area contributed by atoms with Crippen LogP contribution in [0.1, 0.15) is 12.8 Å². The van der Waals surface area contributed by atoms with E-state index in [9.17, 15) is 0 Å². The number of piperidine rings is 1. The lowest BCUT2D eigenvalue weighted by Crippen LogP contribution is -2.32. The van der Waals surface area contributed by atoms with Gasteiger partial charge in [0.15, 0.2) is 0 Å². The molecule has 0 spiro atoms. The maximum absolute atomic E-state index is 4.63. The molecule has 4 heterocycles. The van der Waals surface area contributed by atoms with Crippen LogP contribution >= 0.6 is 0 Å². The van der Waals surface area contributed by atoms with Gasteiger partial charge in [-0.25, -0.2) is 4.98 Å². The van der Waals surface area contributed by atoms with Crippen molar-refractivity contribution in [3.8, 4) is 11.1 Å². The normalized spacial score (nSPS) is 15.4. The minimum Gasteiger partial charge on any atom is -0.351 e. The molecule has 5 heteroatoms. The average molecular weight is 396 g/mol. The fourth-order valence-corrected chi connectivity index (χ4v) is 4.30. The Morgan fingerprint density at radius 3 is 2.90 bits per heavy atom. The third-order valence-corrected chi connectivity index (χ3v) is 6.04. The third-order valence-electron chi connectivity index (χ3n) is 6.04. The number of rotatable bonds is 4. The second-order valence-corrected chi connectivity index (χ2v) is 8.03. The number of benzene rings is 1. The average Bonchev–Trinajstić information content (AvgIpc) is 3.21. The molecule has 0 bridgehead atoms. The Kier molecular flexibility index (Phi) is 4.83. The highest BCUT2D eigenvalue weighted by Crippen LogP contribution is 2.32. The van der Waals surface area contributed by atoms with Crippen LogP contribution in [0.2, 0.25) is 0 Å². The molecule has 0 amide bonds. The van der Waals surface area contributed by atoms with Crippen LogP contribution in [0.4, 0.5) is 5.69 Å². The van der Waals surface area contributed by atoms with E-state index in [0.29, 0.717) is 5.92 Å². The molecule has 1 fully saturated rings. The monoisotopic (exact) mass is 395 g/mol. The number of H-pyrrole nitrogens is 1. The summed E-state index contributed by atoms with van der Waals surface area (Å²) in [5.41, 5.74) is 9.34. The Balaban J connectivity index is 1.47. The molecule has 3 aromatic heterocycles. The van der Waals surface area contributed by atoms with Crippen molar-refractivity contribution in [2.24, 2.45) is 5.92 Å². The van der Waals surface area contributed by atoms with Crippen LogP contribution in [-0.2, 0) is 0 Å². The second-order valence-electron chi connectivity index (χ2n) is 8.03. The number of pyridine rings is 2. The van der Waals surface area contributed by atoms with Crippen LogP contribution in [0, 0.1) is 5.92 Å². The Labute approximate surface area is 176 Å². The molecule has 0 saturated carbocycles. The quantitative estimate of drug-likeness (QED) is 0.466. The van der Waals surface area contributed by atoms with Gasteiger partial charge in [-0.15, -0.1) is 5.73 Å². The standard InChI is InChI=1S/C25H25N5/c1-3-23(17-8-11-30(2)12-9-17)29-20-14-21-22(16-28-25(21)27-15-20)18-6-7-24-19(13-18)5-4-10-26-24/h4-7,10,13-17,29H,1,8-9,11-12H2,2H3,(H,27,28). The number of anilines is 1. The molecule has 2 N–H and O–H groups in total. The molecule has 0 unspecified atom stereocenters. The van der Waals surface area contributed by atoms with Gasteiger partial charge in [0, 0.05) is 34.6 Å². The van der Waals surface area contributed by atoms with E-state index in [4.69, 9.17) is 0 Å². The summed E-state index contributed by atoms with van der Waals surface area (Å²) in [5, 5.41) is 5.76. The van der Waals surface area contributed by atoms with Crippen molar-refractivity contribution < 1.29 is 0 Å². The van der Waals surface area contributed by atoms with Crippen LogP contribution in [0.3, 0.4) is 0 Å². The first-order valence-electron chi connectivity index (χ1n) is 10.4. The van der Waals surface area contributed by atoms with Gasteiger partial charge in [-0.3, -0.25) is 4.98 Å². The number of hydrogen-bond acceptors (Lipinski definition) is 4. The zero-order valence-corrected chi connectivity index (χ0v) is 17.2. The van der Waals surface area contributed by atoms with Gasteiger partial charge in [-0.2, -0.15) is 0 Å². The molecule has 1 aliphatic heterocycles. The van der Waals surface area contributed by atoms with E-state index in [1.165, 1.54) is 0 Å². The lowest BCUT2D eigenvalue weighted by Gasteiger charge is -2.30. The van der Waals surface area contributed by atoms with Crippen molar-refractivity contribution in [2.45, 2.75) is 12.8 Å². The number of nitrogens with one attached hydrogen (secondary N) is 2. The van der Waals surface area contributed by atoms with Crippen molar-refractivity contribution in [2.75, 3.05) is 25.5 Å². The molecule has 0 atom stereocenters. The fraction of sp³-hybridized carbons (Fsp3) is 0.240. The SMILES string of the molecule is C=C=C(Nc1cnc2[nH]cc(-c3ccc4ncccc4c3)c2c1)C1CCN(C)CC1. The highest BCUT2D eigenvalue weighted by molar-refractivity contribution is 5.97. The van der Waals surface area contributed by atoms with Crippen molar-refractivity contribution in [1.29, 1.82) is 0 Å². The first kappa shape index (κ1) is 18.6. The van der Waals surface area contributed by atoms with Crippen LogP contribution in [0.5, 0.6) is 0 Å². The van der Waals surface area contributed by atoms with Crippen molar-refractivity contribution >= 4 is 27.6 Å². The Bertz CT molecular complexity index is 1260. The van der Waals surface area contributed by atoms with E-state index in [2.05, 4.69) is 74.9 Å². The summed E-state index contributed by atoms with van der Waals surface area (Å²) in [4.78, 5) is 14.7. The Hall–Kier alpha value is -3.40. The largest absolute Gasteiger partial charge is 0.351 e. The molecule has 1 aromatic carbocycles. The fourth-order valence-electron chi connectivity index (χ4n) is 4.30. The molecule has 5 rings (SSSR count). The predicted molar refractivity (Wildman–Crippen MR) is 123 cm³/mol. The molecule has 4 aromatic rings. The van der Waals surface area contributed by atoms with Gasteiger partial charge in [-0.1, -0.05) is 18.7 Å². The van der Waals surface area contributed by atoms with Crippen LogP contribution < -0.4 is 5.32 Å². The predicted octanol–water partition coefficient (Wildman–Crippen LogP) is 5.20. The molecule has 1 aliphatic rings. The molecule has 1 saturated heterocycles. The summed E-state index contributed by atoms with van der Waals surface area (Å²) in [7, 11) is 2.18. The summed E-state index contributed by atoms with van der Waals surface area (Å²) >= 11 is 0. The first-order valence-corrected chi connectivity index (χ1v) is 10.4. The van der Waals surface area contributed by atoms with Crippen LogP contribution in [-0.4, -0.2) is 40.0 Å². The van der Waals surface area contributed by atoms with Gasteiger partial charge in [0.2, 0.25) is 0 Å². The van der Waals surface area contributed by atoms with Gasteiger partial charge < -0.3 is 15.2 Å². The Morgan fingerprint density at radius 2 is 2.07 bits per heavy atom. The Morgan fingerprint density at radius 1 is 1.20 bits per heavy atom. The lowest BCUT2D eigenvalue weighted by atomic mass is 9.94. The topological polar surface area (TPSA) is 56.8 Å². The highest BCUT2D eigenvalue weighted by atomic mass is 15.1. The van der Waals surface area contributed by atoms with Gasteiger partial charge in [0.05, 0.1) is 23.1 Å². The van der Waals surface area contributed by atoms with Crippen molar-refractivity contribution in [3.63, 3.8) is 0 Å². The van der Waals surface area contributed by atoms with E-state index in [0.717, 1.165) is 70.4 Å². The molecule has 150 valence electrons. The van der Waals surface area contributed by atoms with E-state index < -0.39 is 0 Å². The minimum atomic E-state index is 0.466. The van der Waals surface area contributed by atoms with Crippen molar-refractivity contribution in [1.82, 2.24) is 19.9 Å². The van der Waals surface area contributed by atoms with Crippen LogP contribution in [0.15, 0.2) is 73.0 Å². The van der Waals surface area contributed by atoms with E-state index in [-0.39, 0.29) is 0 Å². The zero-order chi connectivity index (χ0) is 20.5. The smallest absolute Gasteiger partial charge is 0.138 e. The summed E-state index contributed by atoms with van der Waals surface area (Å²) in [6.45, 7) is 6.14. The number of likely N-dealkylation sites (tertiary alicyclic amines) is 1.